The first-order valence-electron chi connectivity index (χ1n) is 15.5. The van der Waals surface area contributed by atoms with Gasteiger partial charge >= 0.3 is 0 Å². The summed E-state index contributed by atoms with van der Waals surface area (Å²) < 4.78 is 6.33. The Labute approximate surface area is 259 Å². The summed E-state index contributed by atoms with van der Waals surface area (Å²) in [5.74, 6) is 0. The van der Waals surface area contributed by atoms with Crippen molar-refractivity contribution in [3.8, 4) is 22.3 Å². The topological polar surface area (TPSA) is 16.4 Å². The lowest BCUT2D eigenvalue weighted by atomic mass is 9.55. The molecular weight excluding hydrogens is 534 g/mol. The van der Waals surface area contributed by atoms with E-state index in [9.17, 15) is 0 Å². The summed E-state index contributed by atoms with van der Waals surface area (Å²) in [5.41, 5.74) is 12.9. The number of fused-ring (bicyclic) bond motifs is 6. The largest absolute Gasteiger partial charge is 0.456 e. The van der Waals surface area contributed by atoms with Crippen LogP contribution in [0.3, 0.4) is 0 Å². The lowest BCUT2D eigenvalue weighted by Gasteiger charge is -2.49. The first-order chi connectivity index (χ1) is 21.4. The molecule has 0 spiro atoms. The summed E-state index contributed by atoms with van der Waals surface area (Å²) in [6.45, 7) is 9.63. The predicted octanol–water partition coefficient (Wildman–Crippen LogP) is 12.0. The molecule has 0 saturated carbocycles. The van der Waals surface area contributed by atoms with E-state index in [1.165, 1.54) is 33.4 Å². The van der Waals surface area contributed by atoms with Gasteiger partial charge in [0.15, 0.2) is 0 Å². The Kier molecular flexibility index (Phi) is 5.86. The van der Waals surface area contributed by atoms with E-state index < -0.39 is 0 Å². The monoisotopic (exact) mass is 569 g/mol. The van der Waals surface area contributed by atoms with E-state index in [0.717, 1.165) is 39.0 Å². The van der Waals surface area contributed by atoms with Crippen LogP contribution < -0.4 is 4.90 Å². The highest BCUT2D eigenvalue weighted by Crippen LogP contribution is 2.57. The third-order valence-electron chi connectivity index (χ3n) is 10.2. The van der Waals surface area contributed by atoms with Gasteiger partial charge in [0.25, 0.3) is 0 Å². The smallest absolute Gasteiger partial charge is 0.137 e. The maximum Gasteiger partial charge on any atom is 0.137 e. The summed E-state index contributed by atoms with van der Waals surface area (Å²) in [5, 5.41) is 2.25. The van der Waals surface area contributed by atoms with E-state index in [1.807, 2.05) is 6.07 Å². The summed E-state index contributed by atoms with van der Waals surface area (Å²) in [7, 11) is 0. The fourth-order valence-corrected chi connectivity index (χ4v) is 7.25. The van der Waals surface area contributed by atoms with Crippen molar-refractivity contribution in [2.75, 3.05) is 4.90 Å². The number of para-hydroxylation sites is 2. The maximum absolute atomic E-state index is 6.33. The molecule has 8 rings (SSSR count). The van der Waals surface area contributed by atoms with Crippen molar-refractivity contribution < 1.29 is 4.42 Å². The van der Waals surface area contributed by atoms with Gasteiger partial charge in [0.1, 0.15) is 11.2 Å². The van der Waals surface area contributed by atoms with E-state index in [-0.39, 0.29) is 10.8 Å². The molecule has 0 saturated heterocycles. The highest BCUT2D eigenvalue weighted by Gasteiger charge is 2.46. The highest BCUT2D eigenvalue weighted by molar-refractivity contribution is 6.13. The van der Waals surface area contributed by atoms with E-state index in [2.05, 4.69) is 166 Å². The Balaban J connectivity index is 1.41. The van der Waals surface area contributed by atoms with E-state index >= 15 is 0 Å². The van der Waals surface area contributed by atoms with Crippen molar-refractivity contribution in [3.63, 3.8) is 0 Å². The van der Waals surface area contributed by atoms with E-state index in [0.29, 0.717) is 0 Å². The molecular formula is C42H35NO. The Morgan fingerprint density at radius 1 is 0.500 bits per heavy atom. The van der Waals surface area contributed by atoms with E-state index in [1.54, 1.807) is 0 Å². The lowest BCUT2D eigenvalue weighted by Crippen LogP contribution is -2.43. The molecule has 214 valence electrons. The van der Waals surface area contributed by atoms with Crippen LogP contribution in [0.2, 0.25) is 0 Å². The van der Waals surface area contributed by atoms with Crippen LogP contribution in [-0.4, -0.2) is 0 Å². The van der Waals surface area contributed by atoms with Crippen molar-refractivity contribution >= 4 is 39.0 Å². The first kappa shape index (κ1) is 26.5. The third-order valence-corrected chi connectivity index (χ3v) is 10.2. The van der Waals surface area contributed by atoms with Gasteiger partial charge in [-0.2, -0.15) is 0 Å². The molecule has 2 heteroatoms. The van der Waals surface area contributed by atoms with Gasteiger partial charge in [-0.15, -0.1) is 0 Å². The second-order valence-corrected chi connectivity index (χ2v) is 13.0. The Bertz CT molecular complexity index is 2170. The summed E-state index contributed by atoms with van der Waals surface area (Å²) in [6.07, 6.45) is 0. The van der Waals surface area contributed by atoms with Gasteiger partial charge in [0.05, 0.1) is 11.1 Å². The van der Waals surface area contributed by atoms with Crippen LogP contribution in [0.5, 0.6) is 0 Å². The number of furan rings is 1. The molecule has 0 fully saturated rings. The molecule has 0 unspecified atom stereocenters. The van der Waals surface area contributed by atoms with Gasteiger partial charge in [0, 0.05) is 16.8 Å². The zero-order chi connectivity index (χ0) is 30.1. The SMILES string of the molecule is CC1(C)c2cc(N(c3ccccc3)c3cccc4oc5ccccc5c34)ccc2-c2c(-c3ccccc3)cccc2C1(C)C. The predicted molar refractivity (Wildman–Crippen MR) is 185 cm³/mol. The molecule has 1 aromatic heterocycles. The standard InChI is InChI=1S/C42H35NO/c1-41(2)34-21-13-20-31(28-15-7-5-8-16-28)39(34)32-26-25-30(27-35(32)42(41,3)4)43(29-17-9-6-10-18-29)36-22-14-24-38-40(36)33-19-11-12-23-37(33)44-38/h5-27H,1-4H3. The fourth-order valence-electron chi connectivity index (χ4n) is 7.25. The van der Waals surface area contributed by atoms with Crippen LogP contribution in [0.15, 0.2) is 144 Å². The first-order valence-corrected chi connectivity index (χ1v) is 15.5. The number of hydrogen-bond donors (Lipinski definition) is 0. The van der Waals surface area contributed by atoms with Crippen molar-refractivity contribution in [2.45, 2.75) is 38.5 Å². The molecule has 44 heavy (non-hydrogen) atoms. The highest BCUT2D eigenvalue weighted by atomic mass is 16.3. The van der Waals surface area contributed by atoms with Crippen molar-refractivity contribution in [2.24, 2.45) is 0 Å². The number of nitrogens with zero attached hydrogens (tertiary/aromatic N) is 1. The summed E-state index contributed by atoms with van der Waals surface area (Å²) in [4.78, 5) is 2.40. The molecule has 0 radical (unpaired) electrons. The van der Waals surface area contributed by atoms with Crippen LogP contribution in [0.25, 0.3) is 44.2 Å². The van der Waals surface area contributed by atoms with Crippen LogP contribution in [0.1, 0.15) is 38.8 Å². The summed E-state index contributed by atoms with van der Waals surface area (Å²) in [6, 6.07) is 50.2. The van der Waals surface area contributed by atoms with E-state index in [4.69, 9.17) is 4.42 Å². The Hall–Kier alpha value is -5.08. The molecule has 1 aliphatic carbocycles. The second-order valence-electron chi connectivity index (χ2n) is 13.0. The summed E-state index contributed by atoms with van der Waals surface area (Å²) >= 11 is 0. The van der Waals surface area contributed by atoms with Crippen molar-refractivity contribution in [1.29, 1.82) is 0 Å². The molecule has 0 bridgehead atoms. The molecule has 2 nitrogen and oxygen atoms in total. The number of hydrogen-bond acceptors (Lipinski definition) is 2. The lowest BCUT2D eigenvalue weighted by molar-refractivity contribution is 0.299. The molecule has 7 aromatic rings. The van der Waals surface area contributed by atoms with Crippen molar-refractivity contribution in [1.82, 2.24) is 0 Å². The third kappa shape index (κ3) is 3.80. The van der Waals surface area contributed by atoms with Gasteiger partial charge in [-0.05, 0) is 86.7 Å². The minimum atomic E-state index is -0.128. The van der Waals surface area contributed by atoms with Gasteiger partial charge in [-0.25, -0.2) is 0 Å². The zero-order valence-corrected chi connectivity index (χ0v) is 25.6. The quantitative estimate of drug-likeness (QED) is 0.210. The molecule has 0 atom stereocenters. The van der Waals surface area contributed by atoms with Gasteiger partial charge in [0.2, 0.25) is 0 Å². The van der Waals surface area contributed by atoms with Crippen LogP contribution in [0.4, 0.5) is 17.1 Å². The zero-order valence-electron chi connectivity index (χ0n) is 25.6. The Morgan fingerprint density at radius 2 is 1.16 bits per heavy atom. The minimum absolute atomic E-state index is 0.100. The average Bonchev–Trinajstić information content (AvgIpc) is 3.44. The van der Waals surface area contributed by atoms with Crippen LogP contribution in [-0.2, 0) is 10.8 Å². The average molecular weight is 570 g/mol. The minimum Gasteiger partial charge on any atom is -0.456 e. The fraction of sp³-hybridized carbons (Fsp3) is 0.143. The van der Waals surface area contributed by atoms with Gasteiger partial charge in [-0.1, -0.05) is 125 Å². The second kappa shape index (κ2) is 9.72. The molecule has 0 N–H and O–H groups in total. The molecule has 0 aliphatic heterocycles. The van der Waals surface area contributed by atoms with Gasteiger partial charge < -0.3 is 9.32 Å². The van der Waals surface area contributed by atoms with Crippen LogP contribution in [0, 0.1) is 0 Å². The Morgan fingerprint density at radius 3 is 1.95 bits per heavy atom. The number of anilines is 3. The molecule has 1 heterocycles. The van der Waals surface area contributed by atoms with Crippen molar-refractivity contribution in [3.05, 3.63) is 151 Å². The van der Waals surface area contributed by atoms with Crippen LogP contribution >= 0.6 is 0 Å². The molecule has 1 aliphatic rings. The maximum atomic E-state index is 6.33. The normalized spacial score (nSPS) is 14.7. The molecule has 6 aromatic carbocycles. The molecule has 0 amide bonds. The van der Waals surface area contributed by atoms with Gasteiger partial charge in [-0.3, -0.25) is 0 Å². The number of rotatable bonds is 4. The number of benzene rings is 6.